The molecule has 1 N–H and O–H groups in total. The fourth-order valence-corrected chi connectivity index (χ4v) is 5.11. The standard InChI is InChI=1S/C18H19N5O4S2/c1-22(2)29(25,26)23-9-8-13-16(11-23)28-18(19-13)20-17(24)14-10-15(27-21-14)12-6-4-3-5-7-12/h3-7,10H,8-9,11H2,1-2H3,(H,19,20,24). The molecule has 0 unspecified atom stereocenters. The summed E-state index contributed by atoms with van der Waals surface area (Å²) < 4.78 is 32.5. The van der Waals surface area contributed by atoms with Crippen LogP contribution in [0.5, 0.6) is 0 Å². The molecule has 0 spiro atoms. The second-order valence-corrected chi connectivity index (χ2v) is 9.89. The Bertz CT molecular complexity index is 1140. The molecule has 0 aliphatic carbocycles. The van der Waals surface area contributed by atoms with Gasteiger partial charge >= 0.3 is 0 Å². The Morgan fingerprint density at radius 2 is 2.03 bits per heavy atom. The second kappa shape index (κ2) is 7.67. The molecule has 29 heavy (non-hydrogen) atoms. The average molecular weight is 434 g/mol. The molecule has 9 nitrogen and oxygen atoms in total. The number of nitrogens with zero attached hydrogens (tertiary/aromatic N) is 4. The van der Waals surface area contributed by atoms with Crippen LogP contribution in [0.3, 0.4) is 0 Å². The molecule has 0 bridgehead atoms. The predicted octanol–water partition coefficient (Wildman–Crippen LogP) is 2.21. The Morgan fingerprint density at radius 3 is 2.76 bits per heavy atom. The first-order valence-corrected chi connectivity index (χ1v) is 11.1. The monoisotopic (exact) mass is 433 g/mol. The number of amides is 1. The molecular formula is C18H19N5O4S2. The van der Waals surface area contributed by atoms with E-state index in [1.165, 1.54) is 34.0 Å². The highest BCUT2D eigenvalue weighted by Crippen LogP contribution is 2.30. The van der Waals surface area contributed by atoms with E-state index in [9.17, 15) is 13.2 Å². The van der Waals surface area contributed by atoms with Gasteiger partial charge in [-0.3, -0.25) is 10.1 Å². The van der Waals surface area contributed by atoms with Gasteiger partial charge in [0.2, 0.25) is 0 Å². The summed E-state index contributed by atoms with van der Waals surface area (Å²) in [6.45, 7) is 0.597. The molecule has 152 valence electrons. The lowest BCUT2D eigenvalue weighted by molar-refractivity contribution is 0.101. The van der Waals surface area contributed by atoms with Gasteiger partial charge in [0.1, 0.15) is 0 Å². The molecular weight excluding hydrogens is 414 g/mol. The molecule has 1 amide bonds. The van der Waals surface area contributed by atoms with E-state index in [0.29, 0.717) is 23.9 Å². The van der Waals surface area contributed by atoms with E-state index in [0.717, 1.165) is 16.1 Å². The number of hydrogen-bond donors (Lipinski definition) is 1. The highest BCUT2D eigenvalue weighted by Gasteiger charge is 2.30. The number of nitrogens with one attached hydrogen (secondary N) is 1. The van der Waals surface area contributed by atoms with Crippen molar-refractivity contribution in [2.24, 2.45) is 0 Å². The van der Waals surface area contributed by atoms with E-state index in [2.05, 4.69) is 15.5 Å². The third-order valence-electron chi connectivity index (χ3n) is 4.51. The van der Waals surface area contributed by atoms with Gasteiger partial charge in [0.25, 0.3) is 16.1 Å². The fraction of sp³-hybridized carbons (Fsp3) is 0.278. The van der Waals surface area contributed by atoms with Crippen molar-refractivity contribution in [1.82, 2.24) is 18.8 Å². The molecule has 1 aromatic carbocycles. The van der Waals surface area contributed by atoms with Crippen molar-refractivity contribution < 1.29 is 17.7 Å². The van der Waals surface area contributed by atoms with E-state index in [-0.39, 0.29) is 12.2 Å². The quantitative estimate of drug-likeness (QED) is 0.661. The van der Waals surface area contributed by atoms with Gasteiger partial charge in [-0.15, -0.1) is 11.3 Å². The molecule has 0 saturated carbocycles. The van der Waals surface area contributed by atoms with E-state index in [1.807, 2.05) is 30.3 Å². The van der Waals surface area contributed by atoms with Crippen LogP contribution in [-0.4, -0.2) is 53.7 Å². The molecule has 0 radical (unpaired) electrons. The van der Waals surface area contributed by atoms with Gasteiger partial charge in [-0.2, -0.15) is 17.0 Å². The maximum absolute atomic E-state index is 12.5. The number of carbonyl (C=O) groups excluding carboxylic acids is 1. The van der Waals surface area contributed by atoms with Crippen LogP contribution in [-0.2, 0) is 23.2 Å². The molecule has 1 aliphatic rings. The lowest BCUT2D eigenvalue weighted by atomic mass is 10.1. The normalized spacial score (nSPS) is 14.7. The minimum Gasteiger partial charge on any atom is -0.355 e. The molecule has 2 aromatic heterocycles. The lowest BCUT2D eigenvalue weighted by Crippen LogP contribution is -2.42. The van der Waals surface area contributed by atoms with Crippen LogP contribution in [0, 0.1) is 0 Å². The van der Waals surface area contributed by atoms with Crippen molar-refractivity contribution in [2.75, 3.05) is 26.0 Å². The van der Waals surface area contributed by atoms with Crippen LogP contribution in [0.1, 0.15) is 21.1 Å². The topological polar surface area (TPSA) is 109 Å². The summed E-state index contributed by atoms with van der Waals surface area (Å²) in [5, 5.41) is 6.97. The number of fused-ring (bicyclic) bond motifs is 1. The Labute approximate surface area is 172 Å². The molecule has 0 atom stereocenters. The number of benzene rings is 1. The van der Waals surface area contributed by atoms with Gasteiger partial charge in [0.15, 0.2) is 16.6 Å². The van der Waals surface area contributed by atoms with Crippen LogP contribution in [0.4, 0.5) is 5.13 Å². The minimum absolute atomic E-state index is 0.147. The number of rotatable bonds is 5. The van der Waals surface area contributed by atoms with Crippen LogP contribution >= 0.6 is 11.3 Å². The lowest BCUT2D eigenvalue weighted by Gasteiger charge is -2.27. The molecule has 1 aliphatic heterocycles. The Balaban J connectivity index is 1.47. The number of carbonyl (C=O) groups is 1. The first-order chi connectivity index (χ1) is 13.8. The number of anilines is 1. The second-order valence-electron chi connectivity index (χ2n) is 6.66. The van der Waals surface area contributed by atoms with Crippen LogP contribution in [0.15, 0.2) is 40.9 Å². The van der Waals surface area contributed by atoms with Crippen molar-refractivity contribution in [2.45, 2.75) is 13.0 Å². The van der Waals surface area contributed by atoms with E-state index in [1.54, 1.807) is 6.07 Å². The summed E-state index contributed by atoms with van der Waals surface area (Å²) in [5.41, 5.74) is 1.78. The van der Waals surface area contributed by atoms with E-state index >= 15 is 0 Å². The molecule has 11 heteroatoms. The van der Waals surface area contributed by atoms with Gasteiger partial charge in [0, 0.05) is 43.6 Å². The molecule has 0 fully saturated rings. The minimum atomic E-state index is -3.49. The van der Waals surface area contributed by atoms with Crippen molar-refractivity contribution in [3.63, 3.8) is 0 Å². The van der Waals surface area contributed by atoms with Gasteiger partial charge in [-0.05, 0) is 0 Å². The maximum Gasteiger partial charge on any atom is 0.281 e. The molecule has 3 aromatic rings. The zero-order valence-electron chi connectivity index (χ0n) is 15.8. The average Bonchev–Trinajstić information content (AvgIpc) is 3.34. The van der Waals surface area contributed by atoms with Gasteiger partial charge in [-0.1, -0.05) is 35.5 Å². The highest BCUT2D eigenvalue weighted by atomic mass is 32.2. The number of aromatic nitrogens is 2. The van der Waals surface area contributed by atoms with E-state index in [4.69, 9.17) is 4.52 Å². The maximum atomic E-state index is 12.5. The Kier molecular flexibility index (Phi) is 5.21. The first-order valence-electron chi connectivity index (χ1n) is 8.84. The highest BCUT2D eigenvalue weighted by molar-refractivity contribution is 7.86. The molecule has 3 heterocycles. The van der Waals surface area contributed by atoms with Crippen LogP contribution in [0.25, 0.3) is 11.3 Å². The summed E-state index contributed by atoms with van der Waals surface area (Å²) in [7, 11) is -0.478. The van der Waals surface area contributed by atoms with Gasteiger partial charge < -0.3 is 4.52 Å². The third-order valence-corrected chi connectivity index (χ3v) is 7.39. The van der Waals surface area contributed by atoms with Crippen LogP contribution in [0.2, 0.25) is 0 Å². The largest absolute Gasteiger partial charge is 0.355 e. The van der Waals surface area contributed by atoms with Crippen molar-refractivity contribution in [3.8, 4) is 11.3 Å². The van der Waals surface area contributed by atoms with Gasteiger partial charge in [0.05, 0.1) is 12.2 Å². The summed E-state index contributed by atoms with van der Waals surface area (Å²) in [6.07, 6.45) is 0.497. The van der Waals surface area contributed by atoms with E-state index < -0.39 is 16.1 Å². The summed E-state index contributed by atoms with van der Waals surface area (Å²) in [6, 6.07) is 10.9. The summed E-state index contributed by atoms with van der Waals surface area (Å²) in [5.74, 6) is 0.0681. The Hall–Kier alpha value is -2.60. The summed E-state index contributed by atoms with van der Waals surface area (Å²) in [4.78, 5) is 17.8. The fourth-order valence-electron chi connectivity index (χ4n) is 2.94. The predicted molar refractivity (Wildman–Crippen MR) is 109 cm³/mol. The zero-order valence-corrected chi connectivity index (χ0v) is 17.5. The first kappa shape index (κ1) is 19.7. The smallest absolute Gasteiger partial charge is 0.281 e. The van der Waals surface area contributed by atoms with Crippen molar-refractivity contribution >= 4 is 32.6 Å². The van der Waals surface area contributed by atoms with Crippen LogP contribution < -0.4 is 5.32 Å². The summed E-state index contributed by atoms with van der Waals surface area (Å²) >= 11 is 1.27. The zero-order chi connectivity index (χ0) is 20.6. The molecule has 4 rings (SSSR count). The van der Waals surface area contributed by atoms with Gasteiger partial charge in [-0.25, -0.2) is 4.98 Å². The number of thiazole rings is 1. The van der Waals surface area contributed by atoms with Crippen molar-refractivity contribution in [1.29, 1.82) is 0 Å². The third kappa shape index (κ3) is 3.94. The number of hydrogen-bond acceptors (Lipinski definition) is 7. The SMILES string of the molecule is CN(C)S(=O)(=O)N1CCc2nc(NC(=O)c3cc(-c4ccccc4)on3)sc2C1. The molecule has 0 saturated heterocycles. The van der Waals surface area contributed by atoms with Crippen molar-refractivity contribution in [3.05, 3.63) is 52.7 Å². The Morgan fingerprint density at radius 1 is 1.28 bits per heavy atom.